The highest BCUT2D eigenvalue weighted by Crippen LogP contribution is 2.26. The molecule has 0 unspecified atom stereocenters. The Morgan fingerprint density at radius 2 is 1.81 bits per heavy atom. The second-order valence-electron chi connectivity index (χ2n) is 4.92. The number of anilines is 1. The third kappa shape index (κ3) is 2.54. The number of aromatic nitrogens is 4. The lowest BCUT2D eigenvalue weighted by Gasteiger charge is -2.09. The van der Waals surface area contributed by atoms with Crippen molar-refractivity contribution in [2.45, 2.75) is 13.8 Å². The number of nitrogen functional groups attached to an aromatic ring is 1. The number of hydrogen-bond acceptors (Lipinski definition) is 4. The SMILES string of the molecule is Cc1ccc(-n2nnnc2-c2cc(N)ccc2C)cc1Br. The van der Waals surface area contributed by atoms with Gasteiger partial charge in [-0.05, 0) is 59.7 Å². The molecule has 5 nitrogen and oxygen atoms in total. The Kier molecular flexibility index (Phi) is 3.47. The highest BCUT2D eigenvalue weighted by Gasteiger charge is 2.13. The van der Waals surface area contributed by atoms with Crippen molar-refractivity contribution < 1.29 is 0 Å². The fraction of sp³-hybridized carbons (Fsp3) is 0.133. The molecule has 0 saturated heterocycles. The Morgan fingerprint density at radius 3 is 2.57 bits per heavy atom. The maximum absolute atomic E-state index is 5.88. The first-order chi connectivity index (χ1) is 10.1. The molecule has 3 rings (SSSR count). The molecule has 0 amide bonds. The molecular weight excluding hydrogens is 330 g/mol. The third-order valence-corrected chi connectivity index (χ3v) is 4.23. The van der Waals surface area contributed by atoms with Crippen LogP contribution in [0, 0.1) is 13.8 Å². The molecule has 21 heavy (non-hydrogen) atoms. The van der Waals surface area contributed by atoms with Crippen LogP contribution in [0.25, 0.3) is 17.1 Å². The number of halogens is 1. The summed E-state index contributed by atoms with van der Waals surface area (Å²) in [6, 6.07) is 11.7. The van der Waals surface area contributed by atoms with Crippen LogP contribution in [0.1, 0.15) is 11.1 Å². The summed E-state index contributed by atoms with van der Waals surface area (Å²) < 4.78 is 2.73. The van der Waals surface area contributed by atoms with Crippen molar-refractivity contribution in [3.63, 3.8) is 0 Å². The van der Waals surface area contributed by atoms with Crippen LogP contribution in [0.5, 0.6) is 0 Å². The van der Waals surface area contributed by atoms with Crippen LogP contribution in [-0.4, -0.2) is 20.2 Å². The standard InChI is InChI=1S/C15H14BrN5/c1-9-3-5-11(17)7-13(9)15-18-19-20-21(15)12-6-4-10(2)14(16)8-12/h3-8H,17H2,1-2H3. The largest absolute Gasteiger partial charge is 0.399 e. The molecule has 3 aromatic rings. The summed E-state index contributed by atoms with van der Waals surface area (Å²) >= 11 is 3.54. The number of nitrogens with zero attached hydrogens (tertiary/aromatic N) is 4. The van der Waals surface area contributed by atoms with E-state index in [1.165, 1.54) is 0 Å². The van der Waals surface area contributed by atoms with Crippen LogP contribution in [-0.2, 0) is 0 Å². The van der Waals surface area contributed by atoms with Gasteiger partial charge in [0, 0.05) is 15.7 Å². The average Bonchev–Trinajstić information content (AvgIpc) is 2.93. The normalized spacial score (nSPS) is 10.8. The lowest BCUT2D eigenvalue weighted by atomic mass is 10.1. The van der Waals surface area contributed by atoms with E-state index in [2.05, 4.69) is 31.5 Å². The maximum Gasteiger partial charge on any atom is 0.187 e. The van der Waals surface area contributed by atoms with E-state index in [1.807, 2.05) is 50.2 Å². The highest BCUT2D eigenvalue weighted by atomic mass is 79.9. The Bertz CT molecular complexity index is 810. The van der Waals surface area contributed by atoms with Gasteiger partial charge in [0.2, 0.25) is 0 Å². The zero-order valence-corrected chi connectivity index (χ0v) is 13.3. The minimum absolute atomic E-state index is 0.676. The molecule has 2 aromatic carbocycles. The summed E-state index contributed by atoms with van der Waals surface area (Å²) in [4.78, 5) is 0. The van der Waals surface area contributed by atoms with Gasteiger partial charge >= 0.3 is 0 Å². The first-order valence-corrected chi connectivity index (χ1v) is 7.27. The van der Waals surface area contributed by atoms with E-state index in [1.54, 1.807) is 4.68 Å². The molecule has 1 aromatic heterocycles. The zero-order chi connectivity index (χ0) is 15.0. The molecule has 6 heteroatoms. The first-order valence-electron chi connectivity index (χ1n) is 6.47. The third-order valence-electron chi connectivity index (χ3n) is 3.37. The van der Waals surface area contributed by atoms with Gasteiger partial charge in [0.15, 0.2) is 5.82 Å². The monoisotopic (exact) mass is 343 g/mol. The molecule has 0 aliphatic heterocycles. The lowest BCUT2D eigenvalue weighted by molar-refractivity contribution is 0.790. The Hall–Kier alpha value is -2.21. The quantitative estimate of drug-likeness (QED) is 0.725. The van der Waals surface area contributed by atoms with Gasteiger partial charge in [0.25, 0.3) is 0 Å². The molecule has 0 bridgehead atoms. The van der Waals surface area contributed by atoms with Crippen molar-refractivity contribution in [1.82, 2.24) is 20.2 Å². The molecular formula is C15H14BrN5. The van der Waals surface area contributed by atoms with Crippen LogP contribution in [0.4, 0.5) is 5.69 Å². The second kappa shape index (κ2) is 5.29. The minimum Gasteiger partial charge on any atom is -0.399 e. The van der Waals surface area contributed by atoms with Crippen LogP contribution >= 0.6 is 15.9 Å². The lowest BCUT2D eigenvalue weighted by Crippen LogP contribution is -2.01. The van der Waals surface area contributed by atoms with Gasteiger partial charge in [-0.15, -0.1) is 5.10 Å². The molecule has 106 valence electrons. The van der Waals surface area contributed by atoms with Gasteiger partial charge in [0.1, 0.15) is 0 Å². The van der Waals surface area contributed by atoms with Crippen LogP contribution in [0.3, 0.4) is 0 Å². The van der Waals surface area contributed by atoms with Crippen molar-refractivity contribution in [1.29, 1.82) is 0 Å². The average molecular weight is 344 g/mol. The summed E-state index contributed by atoms with van der Waals surface area (Å²) in [7, 11) is 0. The number of nitrogens with two attached hydrogens (primary N) is 1. The number of hydrogen-bond donors (Lipinski definition) is 1. The fourth-order valence-corrected chi connectivity index (χ4v) is 2.49. The van der Waals surface area contributed by atoms with Crippen molar-refractivity contribution in [3.8, 4) is 17.1 Å². The fourth-order valence-electron chi connectivity index (χ4n) is 2.12. The Morgan fingerprint density at radius 1 is 1.05 bits per heavy atom. The van der Waals surface area contributed by atoms with Crippen LogP contribution in [0.15, 0.2) is 40.9 Å². The number of benzene rings is 2. The van der Waals surface area contributed by atoms with Gasteiger partial charge < -0.3 is 5.73 Å². The summed E-state index contributed by atoms with van der Waals surface area (Å²) in [5.74, 6) is 0.676. The van der Waals surface area contributed by atoms with Crippen molar-refractivity contribution in [2.24, 2.45) is 0 Å². The van der Waals surface area contributed by atoms with Crippen LogP contribution in [0.2, 0.25) is 0 Å². The van der Waals surface area contributed by atoms with Gasteiger partial charge in [-0.3, -0.25) is 0 Å². The number of rotatable bonds is 2. The molecule has 0 saturated carbocycles. The molecule has 0 aliphatic carbocycles. The number of aryl methyl sites for hydroxylation is 2. The van der Waals surface area contributed by atoms with E-state index >= 15 is 0 Å². The molecule has 1 heterocycles. The molecule has 0 radical (unpaired) electrons. The summed E-state index contributed by atoms with van der Waals surface area (Å²) in [5, 5.41) is 12.1. The zero-order valence-electron chi connectivity index (χ0n) is 11.7. The van der Waals surface area contributed by atoms with Gasteiger partial charge in [-0.1, -0.05) is 28.1 Å². The highest BCUT2D eigenvalue weighted by molar-refractivity contribution is 9.10. The van der Waals surface area contributed by atoms with Gasteiger partial charge in [-0.25, -0.2) is 0 Å². The van der Waals surface area contributed by atoms with Gasteiger partial charge in [0.05, 0.1) is 5.69 Å². The van der Waals surface area contributed by atoms with E-state index in [-0.39, 0.29) is 0 Å². The summed E-state index contributed by atoms with van der Waals surface area (Å²) in [5.41, 5.74) is 10.6. The van der Waals surface area contributed by atoms with E-state index in [0.29, 0.717) is 11.5 Å². The van der Waals surface area contributed by atoms with E-state index in [4.69, 9.17) is 5.73 Å². The smallest absolute Gasteiger partial charge is 0.187 e. The molecule has 0 fully saturated rings. The Labute approximate surface area is 130 Å². The Balaban J connectivity index is 2.17. The van der Waals surface area contributed by atoms with Crippen molar-refractivity contribution in [3.05, 3.63) is 52.0 Å². The minimum atomic E-state index is 0.676. The molecule has 0 atom stereocenters. The molecule has 0 spiro atoms. The predicted molar refractivity (Wildman–Crippen MR) is 86.2 cm³/mol. The van der Waals surface area contributed by atoms with Crippen molar-refractivity contribution in [2.75, 3.05) is 5.73 Å². The van der Waals surface area contributed by atoms with E-state index < -0.39 is 0 Å². The van der Waals surface area contributed by atoms with E-state index in [9.17, 15) is 0 Å². The van der Waals surface area contributed by atoms with Crippen molar-refractivity contribution >= 4 is 21.6 Å². The number of tetrazole rings is 1. The maximum atomic E-state index is 5.88. The first kappa shape index (κ1) is 13.8. The predicted octanol–water partition coefficient (Wildman–Crippen LogP) is 3.29. The molecule has 2 N–H and O–H groups in total. The summed E-state index contributed by atoms with van der Waals surface area (Å²) in [6.07, 6.45) is 0. The second-order valence-corrected chi connectivity index (χ2v) is 5.78. The molecule has 0 aliphatic rings. The van der Waals surface area contributed by atoms with Crippen LogP contribution < -0.4 is 5.73 Å². The summed E-state index contributed by atoms with van der Waals surface area (Å²) in [6.45, 7) is 4.05. The van der Waals surface area contributed by atoms with E-state index in [0.717, 1.165) is 26.9 Å². The van der Waals surface area contributed by atoms with Gasteiger partial charge in [-0.2, -0.15) is 4.68 Å². The topological polar surface area (TPSA) is 69.6 Å².